The fraction of sp³-hybridized carbons (Fsp3) is 0.143. The van der Waals surface area contributed by atoms with E-state index in [9.17, 15) is 13.2 Å². The lowest BCUT2D eigenvalue weighted by Gasteiger charge is -2.11. The van der Waals surface area contributed by atoms with Gasteiger partial charge in [0, 0.05) is 11.8 Å². The molecule has 0 radical (unpaired) electrons. The highest BCUT2D eigenvalue weighted by Crippen LogP contribution is 2.30. The van der Waals surface area contributed by atoms with E-state index < -0.39 is 6.36 Å². The number of pyridine rings is 1. The Morgan fingerprint density at radius 2 is 2.05 bits per heavy atom. The van der Waals surface area contributed by atoms with E-state index in [0.717, 1.165) is 0 Å². The number of hydrogen-bond donors (Lipinski definition) is 0. The lowest BCUT2D eigenvalue weighted by molar-refractivity contribution is -0.274. The smallest absolute Gasteiger partial charge is 0.406 e. The van der Waals surface area contributed by atoms with Crippen LogP contribution in [0.4, 0.5) is 13.2 Å². The van der Waals surface area contributed by atoms with Gasteiger partial charge >= 0.3 is 6.36 Å². The van der Waals surface area contributed by atoms with Crippen molar-refractivity contribution in [3.8, 4) is 22.9 Å². The second-order valence-electron chi connectivity index (χ2n) is 4.06. The van der Waals surface area contributed by atoms with Crippen LogP contribution in [-0.2, 0) is 6.42 Å². The van der Waals surface area contributed by atoms with Gasteiger partial charge in [-0.2, -0.15) is 5.26 Å². The fourth-order valence-electron chi connectivity index (χ4n) is 1.79. The minimum Gasteiger partial charge on any atom is -0.406 e. The van der Waals surface area contributed by atoms with Gasteiger partial charge in [0.25, 0.3) is 0 Å². The van der Waals surface area contributed by atoms with E-state index in [0.29, 0.717) is 21.8 Å². The Labute approximate surface area is 123 Å². The lowest BCUT2D eigenvalue weighted by atomic mass is 10.0. The Morgan fingerprint density at radius 1 is 1.29 bits per heavy atom. The highest BCUT2D eigenvalue weighted by molar-refractivity contribution is 6.30. The molecular weight excluding hydrogens is 305 g/mol. The number of nitrogens with zero attached hydrogens (tertiary/aromatic N) is 2. The Kier molecular flexibility index (Phi) is 4.34. The van der Waals surface area contributed by atoms with E-state index in [2.05, 4.69) is 9.72 Å². The zero-order chi connectivity index (χ0) is 15.5. The molecule has 2 aromatic rings. The van der Waals surface area contributed by atoms with E-state index in [1.165, 1.54) is 24.4 Å². The maximum absolute atomic E-state index is 12.2. The Balaban J connectivity index is 2.45. The lowest BCUT2D eigenvalue weighted by Crippen LogP contribution is -2.17. The van der Waals surface area contributed by atoms with E-state index in [-0.39, 0.29) is 12.2 Å². The third-order valence-electron chi connectivity index (χ3n) is 2.56. The molecule has 0 aliphatic carbocycles. The van der Waals surface area contributed by atoms with Crippen molar-refractivity contribution in [1.29, 1.82) is 5.26 Å². The molecule has 0 unspecified atom stereocenters. The van der Waals surface area contributed by atoms with E-state index in [1.54, 1.807) is 12.1 Å². The third kappa shape index (κ3) is 4.10. The average molecular weight is 313 g/mol. The topological polar surface area (TPSA) is 45.9 Å². The summed E-state index contributed by atoms with van der Waals surface area (Å²) in [5.74, 6) is -0.345. The summed E-state index contributed by atoms with van der Waals surface area (Å²) in [4.78, 5) is 4.03. The molecule has 0 saturated carbocycles. The van der Waals surface area contributed by atoms with Crippen molar-refractivity contribution in [2.75, 3.05) is 0 Å². The third-order valence-corrected chi connectivity index (χ3v) is 2.77. The Morgan fingerprint density at radius 3 is 2.71 bits per heavy atom. The predicted molar refractivity (Wildman–Crippen MR) is 70.7 cm³/mol. The van der Waals surface area contributed by atoms with Crippen LogP contribution >= 0.6 is 11.6 Å². The predicted octanol–water partition coefficient (Wildman–Crippen LogP) is 4.37. The van der Waals surface area contributed by atoms with Crippen LogP contribution in [0, 0.1) is 11.3 Å². The fourth-order valence-corrected chi connectivity index (χ4v) is 1.95. The van der Waals surface area contributed by atoms with Gasteiger partial charge in [-0.25, -0.2) is 0 Å². The van der Waals surface area contributed by atoms with Crippen LogP contribution in [0.3, 0.4) is 0 Å². The number of ether oxygens (including phenoxy) is 1. The van der Waals surface area contributed by atoms with Crippen LogP contribution in [0.2, 0.25) is 5.02 Å². The Bertz CT molecular complexity index is 695. The van der Waals surface area contributed by atoms with Gasteiger partial charge in [-0.05, 0) is 23.8 Å². The van der Waals surface area contributed by atoms with Crippen LogP contribution in [0.1, 0.15) is 5.69 Å². The van der Waals surface area contributed by atoms with Crippen molar-refractivity contribution in [2.24, 2.45) is 0 Å². The highest BCUT2D eigenvalue weighted by atomic mass is 35.5. The van der Waals surface area contributed by atoms with Gasteiger partial charge in [-0.1, -0.05) is 23.7 Å². The van der Waals surface area contributed by atoms with Crippen LogP contribution < -0.4 is 4.74 Å². The minimum absolute atomic E-state index is 0.0247. The molecule has 2 rings (SSSR count). The molecule has 1 aromatic heterocycles. The van der Waals surface area contributed by atoms with Crippen molar-refractivity contribution in [3.05, 3.63) is 47.2 Å². The molecule has 0 spiro atoms. The zero-order valence-electron chi connectivity index (χ0n) is 10.5. The molecule has 1 heterocycles. The molecule has 7 heteroatoms. The van der Waals surface area contributed by atoms with Gasteiger partial charge < -0.3 is 4.74 Å². The summed E-state index contributed by atoms with van der Waals surface area (Å²) in [6.45, 7) is 0. The number of nitriles is 1. The maximum Gasteiger partial charge on any atom is 0.573 e. The molecule has 3 nitrogen and oxygen atoms in total. The summed E-state index contributed by atoms with van der Waals surface area (Å²) in [6.07, 6.45) is -3.36. The largest absolute Gasteiger partial charge is 0.573 e. The average Bonchev–Trinajstić information content (AvgIpc) is 2.39. The summed E-state index contributed by atoms with van der Waals surface area (Å²) >= 11 is 5.86. The van der Waals surface area contributed by atoms with E-state index >= 15 is 0 Å². The van der Waals surface area contributed by atoms with Crippen molar-refractivity contribution in [1.82, 2.24) is 4.98 Å². The van der Waals surface area contributed by atoms with Gasteiger partial charge in [0.15, 0.2) is 0 Å². The zero-order valence-corrected chi connectivity index (χ0v) is 11.2. The molecule has 1 aromatic carbocycles. The molecular formula is C14H8ClF3N2O. The van der Waals surface area contributed by atoms with Gasteiger partial charge in [-0.3, -0.25) is 4.98 Å². The van der Waals surface area contributed by atoms with Crippen LogP contribution in [0.25, 0.3) is 11.1 Å². The molecule has 21 heavy (non-hydrogen) atoms. The van der Waals surface area contributed by atoms with Gasteiger partial charge in [-0.15, -0.1) is 13.2 Å². The van der Waals surface area contributed by atoms with Gasteiger partial charge in [0.2, 0.25) is 0 Å². The maximum atomic E-state index is 12.2. The first-order chi connectivity index (χ1) is 9.89. The van der Waals surface area contributed by atoms with Gasteiger partial charge in [0.1, 0.15) is 5.75 Å². The molecule has 0 saturated heterocycles. The summed E-state index contributed by atoms with van der Waals surface area (Å²) in [5, 5.41) is 9.10. The van der Waals surface area contributed by atoms with Crippen molar-refractivity contribution in [3.63, 3.8) is 0 Å². The van der Waals surface area contributed by atoms with E-state index in [4.69, 9.17) is 16.9 Å². The summed E-state index contributed by atoms with van der Waals surface area (Å²) in [7, 11) is 0. The number of aromatic nitrogens is 1. The quantitative estimate of drug-likeness (QED) is 0.845. The standard InChI is InChI=1S/C14H8ClF3N2O/c15-10-7-12(13(4-5-19)20-8-10)9-2-1-3-11(6-9)21-14(16,17)18/h1-3,6-8H,4H2. The van der Waals surface area contributed by atoms with Gasteiger partial charge in [0.05, 0.1) is 23.2 Å². The minimum atomic E-state index is -4.76. The van der Waals surface area contributed by atoms with Crippen molar-refractivity contribution >= 4 is 11.6 Å². The first-order valence-corrected chi connectivity index (χ1v) is 6.14. The monoisotopic (exact) mass is 312 g/mol. The van der Waals surface area contributed by atoms with Crippen molar-refractivity contribution < 1.29 is 17.9 Å². The normalized spacial score (nSPS) is 11.0. The number of hydrogen-bond acceptors (Lipinski definition) is 3. The molecule has 0 aliphatic heterocycles. The summed E-state index contributed by atoms with van der Waals surface area (Å²) < 4.78 is 40.6. The molecule has 0 amide bonds. The number of benzene rings is 1. The number of alkyl halides is 3. The van der Waals surface area contributed by atoms with Crippen LogP contribution in [0.5, 0.6) is 5.75 Å². The van der Waals surface area contributed by atoms with Crippen LogP contribution in [0.15, 0.2) is 36.5 Å². The molecule has 0 bridgehead atoms. The summed E-state index contributed by atoms with van der Waals surface area (Å²) in [6, 6.07) is 8.94. The number of rotatable bonds is 3. The van der Waals surface area contributed by atoms with Crippen molar-refractivity contribution in [2.45, 2.75) is 12.8 Å². The molecule has 108 valence electrons. The summed E-state index contributed by atoms with van der Waals surface area (Å²) in [5.41, 5.74) is 1.37. The molecule has 0 aliphatic rings. The SMILES string of the molecule is N#CCc1ncc(Cl)cc1-c1cccc(OC(F)(F)F)c1. The second kappa shape index (κ2) is 6.02. The molecule has 0 fully saturated rings. The van der Waals surface area contributed by atoms with Crippen LogP contribution in [-0.4, -0.2) is 11.3 Å². The Hall–Kier alpha value is -2.26. The highest BCUT2D eigenvalue weighted by Gasteiger charge is 2.31. The van der Waals surface area contributed by atoms with E-state index in [1.807, 2.05) is 6.07 Å². The first kappa shape index (κ1) is 15.1. The molecule has 0 atom stereocenters. The first-order valence-electron chi connectivity index (χ1n) is 5.76. The second-order valence-corrected chi connectivity index (χ2v) is 4.49. The molecule has 0 N–H and O–H groups in total. The number of halogens is 4.